The van der Waals surface area contributed by atoms with Crippen molar-refractivity contribution in [2.75, 3.05) is 30.3 Å². The summed E-state index contributed by atoms with van der Waals surface area (Å²) in [5.74, 6) is 1.74. The van der Waals surface area contributed by atoms with Crippen molar-refractivity contribution < 1.29 is 4.74 Å². The Morgan fingerprint density at radius 3 is 2.90 bits per heavy atom. The van der Waals surface area contributed by atoms with Gasteiger partial charge >= 0.3 is 0 Å². The number of anilines is 2. The van der Waals surface area contributed by atoms with Gasteiger partial charge in [-0.1, -0.05) is 6.92 Å². The lowest BCUT2D eigenvalue weighted by molar-refractivity contribution is -0.0443. The Balaban J connectivity index is 1.92. The molecule has 1 atom stereocenters. The number of nitrogens with zero attached hydrogens (tertiary/aromatic N) is 5. The first-order valence-corrected chi connectivity index (χ1v) is 7.13. The van der Waals surface area contributed by atoms with Crippen LogP contribution in [0.25, 0.3) is 5.82 Å². The molecule has 7 heteroatoms. The van der Waals surface area contributed by atoms with Gasteiger partial charge in [0.25, 0.3) is 0 Å². The molecule has 0 spiro atoms. The van der Waals surface area contributed by atoms with Crippen LogP contribution in [0.1, 0.15) is 20.3 Å². The summed E-state index contributed by atoms with van der Waals surface area (Å²) in [5.41, 5.74) is 5.70. The van der Waals surface area contributed by atoms with Crippen LogP contribution < -0.4 is 10.6 Å². The molecule has 2 aromatic rings. The van der Waals surface area contributed by atoms with Crippen molar-refractivity contribution in [3.8, 4) is 5.82 Å². The monoisotopic (exact) mass is 288 g/mol. The van der Waals surface area contributed by atoms with E-state index in [9.17, 15) is 0 Å². The fourth-order valence-electron chi connectivity index (χ4n) is 2.46. The minimum Gasteiger partial charge on any atom is -0.372 e. The zero-order valence-electron chi connectivity index (χ0n) is 12.4. The molecule has 0 aromatic carbocycles. The average molecular weight is 288 g/mol. The summed E-state index contributed by atoms with van der Waals surface area (Å²) in [6.07, 6.45) is 4.50. The number of aromatic nitrogens is 4. The van der Waals surface area contributed by atoms with E-state index in [0.717, 1.165) is 25.3 Å². The number of ether oxygens (including phenoxy) is 1. The van der Waals surface area contributed by atoms with Crippen LogP contribution in [0.5, 0.6) is 0 Å². The number of rotatable bonds is 3. The summed E-state index contributed by atoms with van der Waals surface area (Å²) in [5, 5.41) is 4.19. The molecule has 112 valence electrons. The molecular formula is C14H20N6O. The van der Waals surface area contributed by atoms with E-state index in [1.54, 1.807) is 10.9 Å². The van der Waals surface area contributed by atoms with Gasteiger partial charge in [-0.2, -0.15) is 15.1 Å². The van der Waals surface area contributed by atoms with Crippen molar-refractivity contribution in [2.45, 2.75) is 25.9 Å². The first kappa shape index (κ1) is 13.8. The molecule has 1 aliphatic rings. The Morgan fingerprint density at radius 2 is 2.19 bits per heavy atom. The summed E-state index contributed by atoms with van der Waals surface area (Å²) in [7, 11) is 0. The van der Waals surface area contributed by atoms with Crippen LogP contribution in [-0.2, 0) is 4.74 Å². The molecule has 1 aliphatic heterocycles. The second-order valence-electron chi connectivity index (χ2n) is 5.47. The van der Waals surface area contributed by atoms with Gasteiger partial charge in [-0.05, 0) is 19.4 Å². The van der Waals surface area contributed by atoms with E-state index >= 15 is 0 Å². The number of hydrogen-bond acceptors (Lipinski definition) is 6. The third kappa shape index (κ3) is 2.82. The van der Waals surface area contributed by atoms with Crippen molar-refractivity contribution in [3.05, 3.63) is 24.5 Å². The van der Waals surface area contributed by atoms with Crippen LogP contribution in [0.2, 0.25) is 0 Å². The molecule has 1 fully saturated rings. The van der Waals surface area contributed by atoms with Crippen molar-refractivity contribution in [3.63, 3.8) is 0 Å². The van der Waals surface area contributed by atoms with Gasteiger partial charge in [0.15, 0.2) is 5.82 Å². The topological polar surface area (TPSA) is 82.1 Å². The predicted octanol–water partition coefficient (Wildman–Crippen LogP) is 1.25. The molecule has 1 unspecified atom stereocenters. The highest BCUT2D eigenvalue weighted by Crippen LogP contribution is 2.25. The lowest BCUT2D eigenvalue weighted by Crippen LogP contribution is -2.50. The van der Waals surface area contributed by atoms with Crippen LogP contribution in [0.3, 0.4) is 0 Å². The molecule has 3 rings (SSSR count). The number of nitrogen functional groups attached to an aromatic ring is 1. The molecule has 0 bridgehead atoms. The zero-order valence-corrected chi connectivity index (χ0v) is 12.4. The summed E-state index contributed by atoms with van der Waals surface area (Å²) in [6.45, 7) is 6.53. The zero-order chi connectivity index (χ0) is 14.9. The highest BCUT2D eigenvalue weighted by atomic mass is 16.5. The summed E-state index contributed by atoms with van der Waals surface area (Å²) < 4.78 is 7.55. The van der Waals surface area contributed by atoms with Gasteiger partial charge < -0.3 is 15.4 Å². The average Bonchev–Trinajstić information content (AvgIpc) is 3.01. The van der Waals surface area contributed by atoms with E-state index in [-0.39, 0.29) is 11.5 Å². The first-order valence-electron chi connectivity index (χ1n) is 7.13. The van der Waals surface area contributed by atoms with Gasteiger partial charge in [0.05, 0.1) is 12.2 Å². The molecular weight excluding hydrogens is 268 g/mol. The van der Waals surface area contributed by atoms with Crippen LogP contribution in [0, 0.1) is 0 Å². The van der Waals surface area contributed by atoms with E-state index in [0.29, 0.717) is 12.4 Å². The molecule has 2 N–H and O–H groups in total. The van der Waals surface area contributed by atoms with E-state index in [4.69, 9.17) is 10.5 Å². The summed E-state index contributed by atoms with van der Waals surface area (Å²) >= 11 is 0. The smallest absolute Gasteiger partial charge is 0.224 e. The van der Waals surface area contributed by atoms with Crippen LogP contribution in [-0.4, -0.2) is 45.0 Å². The lowest BCUT2D eigenvalue weighted by atomic mass is 10.0. The normalized spacial score (nSPS) is 22.5. The van der Waals surface area contributed by atoms with Gasteiger partial charge in [0.1, 0.15) is 5.82 Å². The second-order valence-corrected chi connectivity index (χ2v) is 5.47. The number of hydrogen-bond donors (Lipinski definition) is 1. The maximum absolute atomic E-state index is 5.87. The Kier molecular flexibility index (Phi) is 3.50. The molecule has 7 nitrogen and oxygen atoms in total. The Bertz CT molecular complexity index is 614. The van der Waals surface area contributed by atoms with Crippen molar-refractivity contribution in [2.24, 2.45) is 0 Å². The minimum atomic E-state index is -0.149. The molecule has 21 heavy (non-hydrogen) atoms. The van der Waals surface area contributed by atoms with E-state index < -0.39 is 0 Å². The van der Waals surface area contributed by atoms with Crippen molar-refractivity contribution in [1.29, 1.82) is 0 Å². The molecule has 0 saturated carbocycles. The van der Waals surface area contributed by atoms with Gasteiger partial charge in [-0.3, -0.25) is 0 Å². The summed E-state index contributed by atoms with van der Waals surface area (Å²) in [4.78, 5) is 10.8. The Morgan fingerprint density at radius 1 is 1.38 bits per heavy atom. The van der Waals surface area contributed by atoms with Gasteiger partial charge in [0, 0.05) is 31.5 Å². The molecule has 0 amide bonds. The summed E-state index contributed by atoms with van der Waals surface area (Å²) in [6, 6.07) is 3.76. The maximum atomic E-state index is 5.87. The quantitative estimate of drug-likeness (QED) is 0.915. The van der Waals surface area contributed by atoms with Gasteiger partial charge in [-0.25, -0.2) is 4.68 Å². The van der Waals surface area contributed by atoms with Crippen LogP contribution in [0.4, 0.5) is 11.8 Å². The Hall–Kier alpha value is -2.15. The maximum Gasteiger partial charge on any atom is 0.224 e. The fourth-order valence-corrected chi connectivity index (χ4v) is 2.46. The second kappa shape index (κ2) is 5.33. The Labute approximate surface area is 123 Å². The fraction of sp³-hybridized carbons (Fsp3) is 0.500. The molecule has 0 radical (unpaired) electrons. The number of nitrogens with two attached hydrogens (primary N) is 1. The third-order valence-electron chi connectivity index (χ3n) is 3.86. The van der Waals surface area contributed by atoms with Gasteiger partial charge in [0.2, 0.25) is 5.95 Å². The SMILES string of the molecule is CCC1(C)CN(c2cc(-n3cccn3)nc(N)n2)CCO1. The van der Waals surface area contributed by atoms with E-state index in [1.165, 1.54) is 0 Å². The third-order valence-corrected chi connectivity index (χ3v) is 3.86. The highest BCUT2D eigenvalue weighted by Gasteiger charge is 2.31. The molecule has 1 saturated heterocycles. The first-order chi connectivity index (χ1) is 10.1. The molecule has 0 aliphatic carbocycles. The van der Waals surface area contributed by atoms with Gasteiger partial charge in [-0.15, -0.1) is 0 Å². The predicted molar refractivity (Wildman–Crippen MR) is 80.4 cm³/mol. The van der Waals surface area contributed by atoms with Crippen molar-refractivity contribution >= 4 is 11.8 Å². The minimum absolute atomic E-state index is 0.149. The lowest BCUT2D eigenvalue weighted by Gasteiger charge is -2.40. The molecule has 2 aromatic heterocycles. The highest BCUT2D eigenvalue weighted by molar-refractivity contribution is 5.48. The van der Waals surface area contributed by atoms with Crippen molar-refractivity contribution in [1.82, 2.24) is 19.7 Å². The number of morpholine rings is 1. The standard InChI is InChI=1S/C14H20N6O/c1-3-14(2)10-19(7-8-21-14)11-9-12(18-13(15)17-11)20-6-4-5-16-20/h4-6,9H,3,7-8,10H2,1-2H3,(H2,15,17,18). The largest absolute Gasteiger partial charge is 0.372 e. The van der Waals surface area contributed by atoms with E-state index in [1.807, 2.05) is 18.3 Å². The molecule has 3 heterocycles. The van der Waals surface area contributed by atoms with Crippen LogP contribution in [0.15, 0.2) is 24.5 Å². The van der Waals surface area contributed by atoms with Crippen LogP contribution >= 0.6 is 0 Å². The van der Waals surface area contributed by atoms with E-state index in [2.05, 4.69) is 33.8 Å².